The fraction of sp³-hybridized carbons (Fsp3) is 0. The van der Waals surface area contributed by atoms with Crippen LogP contribution < -0.4 is 0 Å². The van der Waals surface area contributed by atoms with E-state index in [4.69, 9.17) is 0 Å². The van der Waals surface area contributed by atoms with Gasteiger partial charge in [-0.05, 0) is 24.3 Å². The molecule has 0 atom stereocenters. The minimum atomic E-state index is 0. The molecular formula is C6H6BrNaS. The van der Waals surface area contributed by atoms with Crippen LogP contribution in [-0.4, -0.2) is 29.6 Å². The summed E-state index contributed by atoms with van der Waals surface area (Å²) in [5.41, 5.74) is 0. The second kappa shape index (κ2) is 4.80. The van der Waals surface area contributed by atoms with E-state index < -0.39 is 0 Å². The molecule has 0 N–H and O–H groups in total. The van der Waals surface area contributed by atoms with Crippen LogP contribution in [0.2, 0.25) is 0 Å². The molecule has 44 valence electrons. The van der Waals surface area contributed by atoms with Crippen molar-refractivity contribution in [3.63, 3.8) is 0 Å². The summed E-state index contributed by atoms with van der Waals surface area (Å²) in [4.78, 5) is 0.994. The Labute approximate surface area is 90.9 Å². The maximum absolute atomic E-state index is 4.11. The van der Waals surface area contributed by atoms with E-state index in [0.29, 0.717) is 0 Å². The van der Waals surface area contributed by atoms with E-state index >= 15 is 0 Å². The third kappa shape index (κ3) is 3.68. The van der Waals surface area contributed by atoms with Gasteiger partial charge in [-0.1, -0.05) is 15.9 Å². The van der Waals surface area contributed by atoms with Gasteiger partial charge in [0.1, 0.15) is 0 Å². The van der Waals surface area contributed by atoms with E-state index in [-0.39, 0.29) is 29.6 Å². The summed E-state index contributed by atoms with van der Waals surface area (Å²) in [6.45, 7) is 0. The number of halogens is 1. The summed E-state index contributed by atoms with van der Waals surface area (Å²) < 4.78 is 1.09. The Morgan fingerprint density at radius 1 is 1.11 bits per heavy atom. The van der Waals surface area contributed by atoms with Gasteiger partial charge >= 0.3 is 29.6 Å². The zero-order chi connectivity index (χ0) is 5.98. The zero-order valence-electron chi connectivity index (χ0n) is 4.13. The third-order valence-electron chi connectivity index (χ3n) is 0.827. The van der Waals surface area contributed by atoms with E-state index in [2.05, 4.69) is 28.6 Å². The molecule has 0 radical (unpaired) electrons. The van der Waals surface area contributed by atoms with Crippen molar-refractivity contribution in [1.82, 2.24) is 0 Å². The molecule has 0 nitrogen and oxygen atoms in total. The van der Waals surface area contributed by atoms with Crippen LogP contribution >= 0.6 is 28.6 Å². The van der Waals surface area contributed by atoms with Gasteiger partial charge in [0.15, 0.2) is 0 Å². The predicted molar refractivity (Wildman–Crippen MR) is 48.5 cm³/mol. The molecule has 0 fully saturated rings. The quantitative estimate of drug-likeness (QED) is 0.495. The Bertz CT molecular complexity index is 152. The van der Waals surface area contributed by atoms with E-state index in [9.17, 15) is 0 Å². The van der Waals surface area contributed by atoms with E-state index in [1.807, 2.05) is 24.3 Å². The summed E-state index contributed by atoms with van der Waals surface area (Å²) in [5, 5.41) is 0. The van der Waals surface area contributed by atoms with Crippen molar-refractivity contribution in [2.45, 2.75) is 4.90 Å². The molecule has 0 bridgehead atoms. The molecule has 0 saturated heterocycles. The fourth-order valence-electron chi connectivity index (χ4n) is 0.441. The SMILES string of the molecule is Sc1ccc(Br)cc1.[NaH]. The van der Waals surface area contributed by atoms with Gasteiger partial charge < -0.3 is 0 Å². The van der Waals surface area contributed by atoms with Crippen LogP contribution in [-0.2, 0) is 0 Å². The van der Waals surface area contributed by atoms with E-state index in [1.54, 1.807) is 0 Å². The van der Waals surface area contributed by atoms with E-state index in [0.717, 1.165) is 9.37 Å². The van der Waals surface area contributed by atoms with Crippen molar-refractivity contribution in [3.8, 4) is 0 Å². The van der Waals surface area contributed by atoms with Crippen molar-refractivity contribution >= 4 is 58.1 Å². The first-order valence-corrected chi connectivity index (χ1v) is 3.47. The molecule has 0 aliphatic heterocycles. The first kappa shape index (κ1) is 10.0. The van der Waals surface area contributed by atoms with Gasteiger partial charge in [-0.2, -0.15) is 0 Å². The molecule has 1 aromatic rings. The number of rotatable bonds is 0. The Kier molecular flexibility index (Phi) is 5.36. The van der Waals surface area contributed by atoms with Gasteiger partial charge in [0.2, 0.25) is 0 Å². The molecule has 0 unspecified atom stereocenters. The zero-order valence-corrected chi connectivity index (χ0v) is 6.62. The van der Waals surface area contributed by atoms with Crippen LogP contribution in [0.5, 0.6) is 0 Å². The molecular weight excluding hydrogens is 207 g/mol. The standard InChI is InChI=1S/C6H5BrS.Na.H/c7-5-1-3-6(8)4-2-5;;/h1-4,8H;;. The van der Waals surface area contributed by atoms with E-state index in [1.165, 1.54) is 0 Å². The molecule has 0 saturated carbocycles. The van der Waals surface area contributed by atoms with Crippen LogP contribution in [0, 0.1) is 0 Å². The van der Waals surface area contributed by atoms with Crippen LogP contribution in [0.25, 0.3) is 0 Å². The van der Waals surface area contributed by atoms with Gasteiger partial charge in [0.05, 0.1) is 0 Å². The maximum atomic E-state index is 4.11. The van der Waals surface area contributed by atoms with Crippen LogP contribution in [0.15, 0.2) is 33.6 Å². The molecule has 1 aromatic carbocycles. The number of thiol groups is 1. The Balaban J connectivity index is 0.000000640. The van der Waals surface area contributed by atoms with Crippen molar-refractivity contribution < 1.29 is 0 Å². The molecule has 3 heteroatoms. The van der Waals surface area contributed by atoms with Gasteiger partial charge in [0.25, 0.3) is 0 Å². The van der Waals surface area contributed by atoms with Gasteiger partial charge in [-0.25, -0.2) is 0 Å². The first-order valence-electron chi connectivity index (χ1n) is 2.23. The second-order valence-electron chi connectivity index (χ2n) is 1.48. The fourth-order valence-corrected chi connectivity index (χ4v) is 0.854. The average Bonchev–Trinajstić information content (AvgIpc) is 1.77. The van der Waals surface area contributed by atoms with Crippen molar-refractivity contribution in [3.05, 3.63) is 28.7 Å². The van der Waals surface area contributed by atoms with Crippen LogP contribution in [0.4, 0.5) is 0 Å². The monoisotopic (exact) mass is 212 g/mol. The molecule has 0 aromatic heterocycles. The summed E-state index contributed by atoms with van der Waals surface area (Å²) in [6, 6.07) is 7.80. The summed E-state index contributed by atoms with van der Waals surface area (Å²) >= 11 is 7.42. The summed E-state index contributed by atoms with van der Waals surface area (Å²) in [5.74, 6) is 0. The summed E-state index contributed by atoms with van der Waals surface area (Å²) in [7, 11) is 0. The van der Waals surface area contributed by atoms with Gasteiger partial charge in [-0.15, -0.1) is 12.6 Å². The summed E-state index contributed by atoms with van der Waals surface area (Å²) in [6.07, 6.45) is 0. The molecule has 0 aliphatic rings. The molecule has 0 amide bonds. The van der Waals surface area contributed by atoms with Crippen molar-refractivity contribution in [1.29, 1.82) is 0 Å². The Morgan fingerprint density at radius 3 is 1.89 bits per heavy atom. The molecule has 1 rings (SSSR count). The van der Waals surface area contributed by atoms with Gasteiger partial charge in [0, 0.05) is 9.37 Å². The number of hydrogen-bond acceptors (Lipinski definition) is 1. The minimum absolute atomic E-state index is 0. The average molecular weight is 213 g/mol. The van der Waals surface area contributed by atoms with Crippen LogP contribution in [0.3, 0.4) is 0 Å². The van der Waals surface area contributed by atoms with Gasteiger partial charge in [-0.3, -0.25) is 0 Å². The normalized spacial score (nSPS) is 8.22. The van der Waals surface area contributed by atoms with Crippen molar-refractivity contribution in [2.75, 3.05) is 0 Å². The molecule has 0 heterocycles. The molecule has 9 heavy (non-hydrogen) atoms. The van der Waals surface area contributed by atoms with Crippen molar-refractivity contribution in [2.24, 2.45) is 0 Å². The second-order valence-corrected chi connectivity index (χ2v) is 2.91. The topological polar surface area (TPSA) is 0 Å². The third-order valence-corrected chi connectivity index (χ3v) is 1.65. The first-order chi connectivity index (χ1) is 3.79. The molecule has 0 spiro atoms. The Morgan fingerprint density at radius 2 is 1.56 bits per heavy atom. The molecule has 0 aliphatic carbocycles. The predicted octanol–water partition coefficient (Wildman–Crippen LogP) is 2.09. The Hall–Kier alpha value is 1.05. The number of hydrogen-bond donors (Lipinski definition) is 1. The number of benzene rings is 1. The van der Waals surface area contributed by atoms with Crippen LogP contribution in [0.1, 0.15) is 0 Å².